The maximum atomic E-state index is 13.4. The van der Waals surface area contributed by atoms with E-state index in [9.17, 15) is 22.0 Å². The van der Waals surface area contributed by atoms with Gasteiger partial charge in [0.05, 0.1) is 7.11 Å². The Labute approximate surface area is 109 Å². The largest absolute Gasteiger partial charge is 0.468 e. The normalized spacial score (nSPS) is 12.3. The molecule has 0 bridgehead atoms. The molecule has 106 valence electrons. The number of carbonyl (C=O) groups is 1. The third-order valence-corrected chi connectivity index (χ3v) is 3.98. The number of halogens is 2. The predicted octanol–water partition coefficient (Wildman–Crippen LogP) is 1.19. The molecule has 5 nitrogen and oxygen atoms in total. The summed E-state index contributed by atoms with van der Waals surface area (Å²) in [6.45, 7) is 2.43. The first kappa shape index (κ1) is 15.5. The first-order valence-electron chi connectivity index (χ1n) is 5.18. The van der Waals surface area contributed by atoms with Gasteiger partial charge in [-0.3, -0.25) is 4.79 Å². The molecule has 0 spiro atoms. The van der Waals surface area contributed by atoms with Gasteiger partial charge in [-0.05, 0) is 26.0 Å². The predicted molar refractivity (Wildman–Crippen MR) is 62.8 cm³/mol. The molecule has 0 fully saturated rings. The van der Waals surface area contributed by atoms with Gasteiger partial charge in [0, 0.05) is 0 Å². The van der Waals surface area contributed by atoms with Crippen LogP contribution in [0.25, 0.3) is 0 Å². The number of sulfonamides is 1. The van der Waals surface area contributed by atoms with E-state index in [1.165, 1.54) is 13.8 Å². The van der Waals surface area contributed by atoms with E-state index in [1.54, 1.807) is 0 Å². The summed E-state index contributed by atoms with van der Waals surface area (Å²) in [5, 5.41) is 0. The molecule has 0 amide bonds. The highest BCUT2D eigenvalue weighted by Crippen LogP contribution is 2.20. The van der Waals surface area contributed by atoms with E-state index in [1.807, 2.05) is 4.72 Å². The molecule has 1 rings (SSSR count). The van der Waals surface area contributed by atoms with Crippen molar-refractivity contribution in [2.45, 2.75) is 24.3 Å². The number of nitrogens with one attached hydrogen (secondary N) is 1. The van der Waals surface area contributed by atoms with Crippen LogP contribution < -0.4 is 4.72 Å². The number of ether oxygens (including phenoxy) is 1. The van der Waals surface area contributed by atoms with Crippen LogP contribution in [0.5, 0.6) is 0 Å². The van der Waals surface area contributed by atoms with Gasteiger partial charge in [0.2, 0.25) is 10.0 Å². The van der Waals surface area contributed by atoms with Gasteiger partial charge in [-0.25, -0.2) is 17.2 Å². The summed E-state index contributed by atoms with van der Waals surface area (Å²) in [6, 6.07) is 2.65. The average Bonchev–Trinajstić information content (AvgIpc) is 2.25. The van der Waals surface area contributed by atoms with E-state index in [4.69, 9.17) is 0 Å². The second-order valence-electron chi connectivity index (χ2n) is 4.27. The monoisotopic (exact) mass is 293 g/mol. The third kappa shape index (κ3) is 3.27. The van der Waals surface area contributed by atoms with Crippen LogP contribution in [0.1, 0.15) is 13.8 Å². The second-order valence-corrected chi connectivity index (χ2v) is 5.89. The number of methoxy groups -OCH3 is 1. The summed E-state index contributed by atoms with van der Waals surface area (Å²) in [5.74, 6) is -3.37. The molecule has 0 aliphatic rings. The smallest absolute Gasteiger partial charge is 0.326 e. The van der Waals surface area contributed by atoms with Crippen LogP contribution in [0.4, 0.5) is 8.78 Å². The van der Waals surface area contributed by atoms with Crippen molar-refractivity contribution in [2.24, 2.45) is 0 Å². The van der Waals surface area contributed by atoms with Crippen molar-refractivity contribution >= 4 is 16.0 Å². The molecule has 0 saturated carbocycles. The van der Waals surface area contributed by atoms with Crippen LogP contribution in [-0.4, -0.2) is 27.0 Å². The van der Waals surface area contributed by atoms with Crippen molar-refractivity contribution in [3.8, 4) is 0 Å². The lowest BCUT2D eigenvalue weighted by Gasteiger charge is -2.23. The first-order valence-corrected chi connectivity index (χ1v) is 6.66. The van der Waals surface area contributed by atoms with Gasteiger partial charge in [-0.15, -0.1) is 0 Å². The van der Waals surface area contributed by atoms with Crippen molar-refractivity contribution in [3.05, 3.63) is 29.8 Å². The fourth-order valence-electron chi connectivity index (χ4n) is 1.42. The SMILES string of the molecule is COC(=O)C(C)(C)NS(=O)(=O)c1c(F)cccc1F. The molecule has 0 heterocycles. The molecular formula is C11H13F2NO4S. The van der Waals surface area contributed by atoms with Gasteiger partial charge < -0.3 is 4.74 Å². The Hall–Kier alpha value is -1.54. The van der Waals surface area contributed by atoms with Gasteiger partial charge in [0.1, 0.15) is 17.2 Å². The lowest BCUT2D eigenvalue weighted by molar-refractivity contribution is -0.146. The zero-order chi connectivity index (χ0) is 14.8. The molecule has 0 aromatic heterocycles. The molecule has 8 heteroatoms. The summed E-state index contributed by atoms with van der Waals surface area (Å²) in [5.41, 5.74) is -1.65. The van der Waals surface area contributed by atoms with E-state index in [0.717, 1.165) is 25.3 Å². The van der Waals surface area contributed by atoms with Gasteiger partial charge in [-0.2, -0.15) is 4.72 Å². The lowest BCUT2D eigenvalue weighted by Crippen LogP contribution is -2.50. The molecule has 0 aliphatic heterocycles. The van der Waals surface area contributed by atoms with Crippen molar-refractivity contribution in [3.63, 3.8) is 0 Å². The number of hydrogen-bond donors (Lipinski definition) is 1. The minimum absolute atomic E-state index is 0.808. The van der Waals surface area contributed by atoms with E-state index >= 15 is 0 Å². The quantitative estimate of drug-likeness (QED) is 0.847. The van der Waals surface area contributed by atoms with E-state index < -0.39 is 38.1 Å². The first-order chi connectivity index (χ1) is 8.62. The maximum absolute atomic E-state index is 13.4. The molecule has 0 aliphatic carbocycles. The van der Waals surface area contributed by atoms with Crippen molar-refractivity contribution in [1.82, 2.24) is 4.72 Å². The molecule has 0 unspecified atom stereocenters. The number of esters is 1. The second kappa shape index (κ2) is 5.22. The van der Waals surface area contributed by atoms with Crippen LogP contribution in [0, 0.1) is 11.6 Å². The Kier molecular flexibility index (Phi) is 4.26. The Morgan fingerprint density at radius 3 is 2.16 bits per heavy atom. The van der Waals surface area contributed by atoms with Crippen LogP contribution >= 0.6 is 0 Å². The highest BCUT2D eigenvalue weighted by molar-refractivity contribution is 7.89. The molecular weight excluding hydrogens is 280 g/mol. The fraction of sp³-hybridized carbons (Fsp3) is 0.364. The van der Waals surface area contributed by atoms with Crippen molar-refractivity contribution in [1.29, 1.82) is 0 Å². The van der Waals surface area contributed by atoms with Gasteiger partial charge in [0.15, 0.2) is 4.90 Å². The molecule has 0 atom stereocenters. The zero-order valence-corrected chi connectivity index (χ0v) is 11.3. The highest BCUT2D eigenvalue weighted by Gasteiger charge is 2.36. The van der Waals surface area contributed by atoms with Crippen LogP contribution in [0.2, 0.25) is 0 Å². The number of hydrogen-bond acceptors (Lipinski definition) is 4. The Balaban J connectivity index is 3.24. The summed E-state index contributed by atoms with van der Waals surface area (Å²) in [4.78, 5) is 10.2. The van der Waals surface area contributed by atoms with Crippen molar-refractivity contribution < 1.29 is 26.7 Å². The van der Waals surface area contributed by atoms with E-state index in [0.29, 0.717) is 0 Å². The number of benzene rings is 1. The minimum Gasteiger partial charge on any atom is -0.468 e. The van der Waals surface area contributed by atoms with E-state index in [-0.39, 0.29) is 0 Å². The Bertz CT molecular complexity index is 578. The van der Waals surface area contributed by atoms with Gasteiger partial charge in [0.25, 0.3) is 0 Å². The van der Waals surface area contributed by atoms with E-state index in [2.05, 4.69) is 4.74 Å². The van der Waals surface area contributed by atoms with Crippen LogP contribution in [-0.2, 0) is 19.6 Å². The Morgan fingerprint density at radius 1 is 1.26 bits per heavy atom. The summed E-state index contributed by atoms with van der Waals surface area (Å²) >= 11 is 0. The molecule has 1 N–H and O–H groups in total. The molecule has 0 radical (unpaired) electrons. The minimum atomic E-state index is -4.54. The van der Waals surface area contributed by atoms with Crippen LogP contribution in [0.15, 0.2) is 23.1 Å². The lowest BCUT2D eigenvalue weighted by atomic mass is 10.1. The molecule has 19 heavy (non-hydrogen) atoms. The topological polar surface area (TPSA) is 72.5 Å². The van der Waals surface area contributed by atoms with Gasteiger partial charge in [-0.1, -0.05) is 6.07 Å². The number of rotatable bonds is 4. The summed E-state index contributed by atoms with van der Waals surface area (Å²) in [7, 11) is -3.46. The zero-order valence-electron chi connectivity index (χ0n) is 10.5. The van der Waals surface area contributed by atoms with Gasteiger partial charge >= 0.3 is 5.97 Å². The third-order valence-electron chi connectivity index (χ3n) is 2.27. The Morgan fingerprint density at radius 2 is 1.74 bits per heavy atom. The van der Waals surface area contributed by atoms with Crippen LogP contribution in [0.3, 0.4) is 0 Å². The molecule has 1 aromatic rings. The summed E-state index contributed by atoms with van der Waals surface area (Å²) < 4.78 is 57.0. The highest BCUT2D eigenvalue weighted by atomic mass is 32.2. The number of carbonyl (C=O) groups excluding carboxylic acids is 1. The summed E-state index contributed by atoms with van der Waals surface area (Å²) in [6.07, 6.45) is 0. The maximum Gasteiger partial charge on any atom is 0.326 e. The average molecular weight is 293 g/mol. The molecule has 1 aromatic carbocycles. The fourth-order valence-corrected chi connectivity index (χ4v) is 2.93. The molecule has 0 saturated heterocycles. The standard InChI is InChI=1S/C11H13F2NO4S/c1-11(2,10(15)18-3)14-19(16,17)9-7(12)5-4-6-8(9)13/h4-6,14H,1-3H3. The van der Waals surface area contributed by atoms with Crippen molar-refractivity contribution in [2.75, 3.05) is 7.11 Å².